The third kappa shape index (κ3) is 3.08. The number of hydrogen-bond donors (Lipinski definition) is 2. The first-order chi connectivity index (χ1) is 3.72. The van der Waals surface area contributed by atoms with Crippen LogP contribution in [0.15, 0.2) is 0 Å². The summed E-state index contributed by atoms with van der Waals surface area (Å²) in [6.45, 7) is 0. The molecule has 2 atom stereocenters. The van der Waals surface area contributed by atoms with E-state index in [1.807, 2.05) is 0 Å². The molecule has 0 saturated heterocycles. The van der Waals surface area contributed by atoms with Crippen molar-refractivity contribution in [1.29, 1.82) is 0 Å². The van der Waals surface area contributed by atoms with Gasteiger partial charge in [0.25, 0.3) is 0 Å². The molecule has 0 aliphatic heterocycles. The SMILES string of the molecule is O[C@@H](C[Se])[C@@H](O)C[Se]. The molecule has 0 aliphatic carbocycles. The Bertz CT molecular complexity index is 52.0. The van der Waals surface area contributed by atoms with Gasteiger partial charge in [-0.1, -0.05) is 0 Å². The summed E-state index contributed by atoms with van der Waals surface area (Å²) in [7, 11) is 0. The molecule has 0 rings (SSSR count). The molecule has 2 N–H and O–H groups in total. The fraction of sp³-hybridized carbons (Fsp3) is 1.00. The third-order valence-corrected chi connectivity index (χ3v) is 2.22. The minimum absolute atomic E-state index is 0.489. The van der Waals surface area contributed by atoms with E-state index in [2.05, 4.69) is 32.0 Å². The van der Waals surface area contributed by atoms with Gasteiger partial charge in [0.1, 0.15) is 0 Å². The molecule has 0 saturated carbocycles. The third-order valence-electron chi connectivity index (χ3n) is 0.786. The van der Waals surface area contributed by atoms with E-state index in [1.165, 1.54) is 0 Å². The summed E-state index contributed by atoms with van der Waals surface area (Å²) in [5.41, 5.74) is 0. The molecule has 0 spiro atoms. The van der Waals surface area contributed by atoms with E-state index in [1.54, 1.807) is 0 Å². The van der Waals surface area contributed by atoms with Crippen molar-refractivity contribution in [1.82, 2.24) is 0 Å². The summed E-state index contributed by atoms with van der Waals surface area (Å²) in [6, 6.07) is 0. The van der Waals surface area contributed by atoms with Gasteiger partial charge in [-0.15, -0.1) is 0 Å². The Balaban J connectivity index is 3.29. The Morgan fingerprint density at radius 1 is 1.00 bits per heavy atom. The van der Waals surface area contributed by atoms with Gasteiger partial charge in [0.15, 0.2) is 0 Å². The van der Waals surface area contributed by atoms with E-state index in [-0.39, 0.29) is 0 Å². The van der Waals surface area contributed by atoms with Crippen LogP contribution in [0.5, 0.6) is 0 Å². The molecule has 0 aromatic rings. The molecular formula is C4H8O2Se2. The Labute approximate surface area is 65.3 Å². The Kier molecular flexibility index (Phi) is 5.38. The van der Waals surface area contributed by atoms with Crippen molar-refractivity contribution in [3.05, 3.63) is 0 Å². The zero-order chi connectivity index (χ0) is 6.57. The molecular weight excluding hydrogens is 238 g/mol. The van der Waals surface area contributed by atoms with E-state index in [0.717, 1.165) is 0 Å². The first-order valence-electron chi connectivity index (χ1n) is 2.24. The predicted molar refractivity (Wildman–Crippen MR) is 33.1 cm³/mol. The van der Waals surface area contributed by atoms with E-state index in [0.29, 0.717) is 10.6 Å². The molecule has 0 fully saturated rings. The summed E-state index contributed by atoms with van der Waals surface area (Å²) in [4.78, 5) is 0. The number of aliphatic hydroxyl groups is 2. The van der Waals surface area contributed by atoms with E-state index in [4.69, 9.17) is 10.2 Å². The van der Waals surface area contributed by atoms with Crippen LogP contribution >= 0.6 is 0 Å². The zero-order valence-electron chi connectivity index (χ0n) is 4.28. The maximum atomic E-state index is 8.83. The van der Waals surface area contributed by atoms with Gasteiger partial charge in [-0.25, -0.2) is 0 Å². The summed E-state index contributed by atoms with van der Waals surface area (Å²) in [6.07, 6.45) is -1.23. The normalized spacial score (nSPS) is 18.0. The molecule has 0 amide bonds. The van der Waals surface area contributed by atoms with Crippen LogP contribution in [0.1, 0.15) is 0 Å². The molecule has 4 heteroatoms. The van der Waals surface area contributed by atoms with Gasteiger partial charge in [0, 0.05) is 0 Å². The molecule has 2 nitrogen and oxygen atoms in total. The van der Waals surface area contributed by atoms with E-state index in [9.17, 15) is 0 Å². The van der Waals surface area contributed by atoms with Gasteiger partial charge >= 0.3 is 65.1 Å². The van der Waals surface area contributed by atoms with Crippen LogP contribution in [-0.4, -0.2) is 54.4 Å². The maximum absolute atomic E-state index is 8.83. The van der Waals surface area contributed by atoms with Gasteiger partial charge in [0.05, 0.1) is 0 Å². The minimum atomic E-state index is -0.615. The Morgan fingerprint density at radius 2 is 1.25 bits per heavy atom. The Hall–Kier alpha value is 0.959. The van der Waals surface area contributed by atoms with Crippen LogP contribution in [0.2, 0.25) is 10.6 Å². The van der Waals surface area contributed by atoms with Gasteiger partial charge in [-0.2, -0.15) is 0 Å². The summed E-state index contributed by atoms with van der Waals surface area (Å²) < 4.78 is 0. The van der Waals surface area contributed by atoms with Gasteiger partial charge in [0.2, 0.25) is 0 Å². The second-order valence-electron chi connectivity index (χ2n) is 1.47. The molecule has 0 heterocycles. The summed E-state index contributed by atoms with van der Waals surface area (Å²) >= 11 is 5.27. The van der Waals surface area contributed by atoms with Crippen molar-refractivity contribution in [2.75, 3.05) is 0 Å². The first kappa shape index (κ1) is 8.96. The quantitative estimate of drug-likeness (QED) is 0.619. The van der Waals surface area contributed by atoms with Crippen LogP contribution in [-0.2, 0) is 0 Å². The van der Waals surface area contributed by atoms with E-state index < -0.39 is 12.2 Å². The van der Waals surface area contributed by atoms with Gasteiger partial charge < -0.3 is 0 Å². The van der Waals surface area contributed by atoms with Gasteiger partial charge in [-0.05, 0) is 0 Å². The molecule has 0 unspecified atom stereocenters. The number of rotatable bonds is 3. The van der Waals surface area contributed by atoms with Crippen LogP contribution in [0.3, 0.4) is 0 Å². The predicted octanol–water partition coefficient (Wildman–Crippen LogP) is -1.12. The number of aliphatic hydroxyl groups excluding tert-OH is 2. The van der Waals surface area contributed by atoms with Crippen molar-refractivity contribution in [3.8, 4) is 0 Å². The Morgan fingerprint density at radius 3 is 1.38 bits per heavy atom. The van der Waals surface area contributed by atoms with Crippen molar-refractivity contribution in [3.63, 3.8) is 0 Å². The second kappa shape index (κ2) is 4.80. The second-order valence-corrected chi connectivity index (χ2v) is 2.87. The van der Waals surface area contributed by atoms with Crippen molar-refractivity contribution in [2.45, 2.75) is 22.8 Å². The van der Waals surface area contributed by atoms with Crippen molar-refractivity contribution < 1.29 is 10.2 Å². The van der Waals surface area contributed by atoms with Crippen LogP contribution in [0.25, 0.3) is 0 Å². The van der Waals surface area contributed by atoms with Crippen molar-refractivity contribution >= 4 is 32.0 Å². The molecule has 0 aliphatic rings. The fourth-order valence-electron chi connectivity index (χ4n) is 0.222. The molecule has 0 aromatic heterocycles. The standard InChI is InChI=1S/C4H8O2Se2/c5-3(1-7)4(6)2-8/h3-6H,1-2H2/t3-,4-/m0/s1. The van der Waals surface area contributed by atoms with Crippen LogP contribution < -0.4 is 0 Å². The molecule has 0 bridgehead atoms. The molecule has 2 radical (unpaired) electrons. The van der Waals surface area contributed by atoms with Crippen LogP contribution in [0.4, 0.5) is 0 Å². The molecule has 0 aromatic carbocycles. The van der Waals surface area contributed by atoms with Crippen LogP contribution in [0, 0.1) is 0 Å². The number of hydrogen-bond acceptors (Lipinski definition) is 2. The first-order valence-corrected chi connectivity index (χ1v) is 4.67. The van der Waals surface area contributed by atoms with Gasteiger partial charge in [-0.3, -0.25) is 0 Å². The monoisotopic (exact) mass is 248 g/mol. The topological polar surface area (TPSA) is 40.5 Å². The van der Waals surface area contributed by atoms with E-state index >= 15 is 0 Å². The summed E-state index contributed by atoms with van der Waals surface area (Å²) in [5, 5.41) is 18.6. The van der Waals surface area contributed by atoms with Crippen molar-refractivity contribution in [2.24, 2.45) is 0 Å². The molecule has 48 valence electrons. The molecule has 8 heavy (non-hydrogen) atoms. The fourth-order valence-corrected chi connectivity index (χ4v) is 1.15. The zero-order valence-corrected chi connectivity index (χ0v) is 7.71. The average molecular weight is 246 g/mol. The average Bonchev–Trinajstić information content (AvgIpc) is 1.84. The summed E-state index contributed by atoms with van der Waals surface area (Å²) in [5.74, 6) is 0.